The average Bonchev–Trinajstić information content (AvgIpc) is 3.00. The summed E-state index contributed by atoms with van der Waals surface area (Å²) < 4.78 is 10.2. The molecule has 0 amide bonds. The van der Waals surface area contributed by atoms with Crippen molar-refractivity contribution in [2.24, 2.45) is 0 Å². The third-order valence-corrected chi connectivity index (χ3v) is 4.33. The summed E-state index contributed by atoms with van der Waals surface area (Å²) in [5, 5.41) is 4.32. The zero-order chi connectivity index (χ0) is 13.0. The molecule has 2 unspecified atom stereocenters. The first-order valence-electron chi connectivity index (χ1n) is 6.38. The Labute approximate surface area is 111 Å². The van der Waals surface area contributed by atoms with Crippen molar-refractivity contribution in [2.75, 3.05) is 12.4 Å². The molecule has 6 heteroatoms. The lowest BCUT2D eigenvalue weighted by Gasteiger charge is -2.08. The highest BCUT2D eigenvalue weighted by molar-refractivity contribution is 7.99. The number of esters is 1. The number of aromatic nitrogens is 2. The normalized spacial score (nSPS) is 20.9. The van der Waals surface area contributed by atoms with Gasteiger partial charge in [-0.1, -0.05) is 12.1 Å². The highest BCUT2D eigenvalue weighted by Crippen LogP contribution is 2.38. The third kappa shape index (κ3) is 2.85. The molecule has 1 saturated heterocycles. The summed E-state index contributed by atoms with van der Waals surface area (Å²) in [6.45, 7) is 4.07. The summed E-state index contributed by atoms with van der Waals surface area (Å²) in [5.41, 5.74) is 0. The Morgan fingerprint density at radius 2 is 2.44 bits per heavy atom. The lowest BCUT2D eigenvalue weighted by atomic mass is 10.1. The molecule has 1 aromatic rings. The van der Waals surface area contributed by atoms with E-state index in [1.165, 1.54) is 6.42 Å². The fourth-order valence-corrected chi connectivity index (χ4v) is 3.18. The largest absolute Gasteiger partial charge is 0.465 e. The van der Waals surface area contributed by atoms with Crippen LogP contribution >= 0.6 is 11.8 Å². The molecule has 100 valence electrons. The minimum atomic E-state index is -0.433. The number of rotatable bonds is 5. The Balaban J connectivity index is 2.09. The molecule has 0 spiro atoms. The van der Waals surface area contributed by atoms with Crippen molar-refractivity contribution in [2.45, 2.75) is 44.3 Å². The van der Waals surface area contributed by atoms with Crippen LogP contribution in [0.4, 0.5) is 0 Å². The average molecular weight is 270 g/mol. The predicted octanol–water partition coefficient (Wildman–Crippen LogP) is 2.69. The van der Waals surface area contributed by atoms with Crippen molar-refractivity contribution in [1.29, 1.82) is 0 Å². The maximum atomic E-state index is 11.8. The van der Waals surface area contributed by atoms with Crippen LogP contribution in [0.25, 0.3) is 0 Å². The van der Waals surface area contributed by atoms with Gasteiger partial charge in [-0.05, 0) is 31.9 Å². The van der Waals surface area contributed by atoms with E-state index in [1.807, 2.05) is 18.7 Å². The first-order chi connectivity index (χ1) is 8.76. The first kappa shape index (κ1) is 13.4. The molecule has 1 aliphatic rings. The van der Waals surface area contributed by atoms with E-state index in [1.54, 1.807) is 6.92 Å². The zero-order valence-electron chi connectivity index (χ0n) is 10.7. The Bertz CT molecular complexity index is 402. The number of carbonyl (C=O) groups excluding carboxylic acids is 1. The Kier molecular flexibility index (Phi) is 4.63. The molecule has 2 heterocycles. The Hall–Kier alpha value is -1.04. The van der Waals surface area contributed by atoms with Crippen LogP contribution in [0.1, 0.15) is 56.0 Å². The van der Waals surface area contributed by atoms with Gasteiger partial charge in [-0.3, -0.25) is 4.79 Å². The van der Waals surface area contributed by atoms with Gasteiger partial charge in [0.15, 0.2) is 5.82 Å². The summed E-state index contributed by atoms with van der Waals surface area (Å²) in [6.07, 6.45) is 2.88. The molecular formula is C12H18N2O3S. The van der Waals surface area contributed by atoms with Gasteiger partial charge >= 0.3 is 5.97 Å². The third-order valence-electron chi connectivity index (χ3n) is 2.95. The van der Waals surface area contributed by atoms with Gasteiger partial charge in [0.1, 0.15) is 5.92 Å². The second-order valence-electron chi connectivity index (χ2n) is 4.21. The molecule has 0 aliphatic carbocycles. The summed E-state index contributed by atoms with van der Waals surface area (Å²) in [7, 11) is 0. The molecular weight excluding hydrogens is 252 g/mol. The molecule has 0 bridgehead atoms. The molecule has 5 nitrogen and oxygen atoms in total. The van der Waals surface area contributed by atoms with E-state index in [0.29, 0.717) is 24.2 Å². The fraction of sp³-hybridized carbons (Fsp3) is 0.750. The summed E-state index contributed by atoms with van der Waals surface area (Å²) in [4.78, 5) is 16.1. The SMILES string of the molecule is CCOC(=O)C(CC)c1nc(C2CCCS2)no1. The van der Waals surface area contributed by atoms with Crippen LogP contribution in [0.5, 0.6) is 0 Å². The highest BCUT2D eigenvalue weighted by atomic mass is 32.2. The molecule has 1 fully saturated rings. The molecule has 2 atom stereocenters. The van der Waals surface area contributed by atoms with E-state index < -0.39 is 5.92 Å². The summed E-state index contributed by atoms with van der Waals surface area (Å²) in [5.74, 6) is 1.53. The van der Waals surface area contributed by atoms with Gasteiger partial charge in [0.2, 0.25) is 5.89 Å². The highest BCUT2D eigenvalue weighted by Gasteiger charge is 2.29. The summed E-state index contributed by atoms with van der Waals surface area (Å²) >= 11 is 1.85. The van der Waals surface area contributed by atoms with E-state index >= 15 is 0 Å². The van der Waals surface area contributed by atoms with E-state index in [4.69, 9.17) is 9.26 Å². The van der Waals surface area contributed by atoms with E-state index in [9.17, 15) is 4.79 Å². The maximum Gasteiger partial charge on any atom is 0.318 e. The molecule has 2 rings (SSSR count). The predicted molar refractivity (Wildman–Crippen MR) is 68.4 cm³/mol. The minimum Gasteiger partial charge on any atom is -0.465 e. The van der Waals surface area contributed by atoms with E-state index in [-0.39, 0.29) is 5.97 Å². The molecule has 0 aromatic carbocycles. The lowest BCUT2D eigenvalue weighted by molar-refractivity contribution is -0.145. The van der Waals surface area contributed by atoms with Gasteiger partial charge in [0.05, 0.1) is 11.9 Å². The van der Waals surface area contributed by atoms with Crippen LogP contribution in [0.3, 0.4) is 0 Å². The van der Waals surface area contributed by atoms with Crippen molar-refractivity contribution >= 4 is 17.7 Å². The Morgan fingerprint density at radius 3 is 3.06 bits per heavy atom. The van der Waals surface area contributed by atoms with Crippen LogP contribution in [0, 0.1) is 0 Å². The second-order valence-corrected chi connectivity index (χ2v) is 5.52. The van der Waals surface area contributed by atoms with Gasteiger partial charge < -0.3 is 9.26 Å². The topological polar surface area (TPSA) is 65.2 Å². The van der Waals surface area contributed by atoms with Crippen molar-refractivity contribution in [3.05, 3.63) is 11.7 Å². The molecule has 0 saturated carbocycles. The van der Waals surface area contributed by atoms with Crippen LogP contribution in [-0.2, 0) is 9.53 Å². The minimum absolute atomic E-state index is 0.283. The summed E-state index contributed by atoms with van der Waals surface area (Å²) in [6, 6.07) is 0. The van der Waals surface area contributed by atoms with E-state index in [2.05, 4.69) is 10.1 Å². The van der Waals surface area contributed by atoms with Crippen molar-refractivity contribution in [3.63, 3.8) is 0 Å². The van der Waals surface area contributed by atoms with Gasteiger partial charge in [0.25, 0.3) is 0 Å². The van der Waals surface area contributed by atoms with Crippen LogP contribution in [0.15, 0.2) is 4.52 Å². The van der Waals surface area contributed by atoms with Gasteiger partial charge in [-0.15, -0.1) is 0 Å². The van der Waals surface area contributed by atoms with Crippen LogP contribution < -0.4 is 0 Å². The van der Waals surface area contributed by atoms with Gasteiger partial charge in [0, 0.05) is 0 Å². The fourth-order valence-electron chi connectivity index (χ4n) is 1.99. The quantitative estimate of drug-likeness (QED) is 0.766. The number of hydrogen-bond acceptors (Lipinski definition) is 6. The maximum absolute atomic E-state index is 11.8. The lowest BCUT2D eigenvalue weighted by Crippen LogP contribution is -2.15. The number of thioether (sulfide) groups is 1. The number of carbonyl (C=O) groups is 1. The molecule has 1 aromatic heterocycles. The van der Waals surface area contributed by atoms with Crippen LogP contribution in [-0.4, -0.2) is 28.5 Å². The van der Waals surface area contributed by atoms with Crippen LogP contribution in [0.2, 0.25) is 0 Å². The van der Waals surface area contributed by atoms with Gasteiger partial charge in [-0.25, -0.2) is 0 Å². The smallest absolute Gasteiger partial charge is 0.318 e. The first-order valence-corrected chi connectivity index (χ1v) is 7.42. The Morgan fingerprint density at radius 1 is 1.61 bits per heavy atom. The van der Waals surface area contributed by atoms with E-state index in [0.717, 1.165) is 18.0 Å². The number of hydrogen-bond donors (Lipinski definition) is 0. The molecule has 0 radical (unpaired) electrons. The van der Waals surface area contributed by atoms with Crippen molar-refractivity contribution < 1.29 is 14.1 Å². The second kappa shape index (κ2) is 6.22. The number of nitrogens with zero attached hydrogens (tertiary/aromatic N) is 2. The number of ether oxygens (including phenoxy) is 1. The molecule has 1 aliphatic heterocycles. The van der Waals surface area contributed by atoms with Crippen molar-refractivity contribution in [3.8, 4) is 0 Å². The standard InChI is InChI=1S/C12H18N2O3S/c1-3-8(12(15)16-4-2)11-13-10(14-17-11)9-6-5-7-18-9/h8-9H,3-7H2,1-2H3. The van der Waals surface area contributed by atoms with Crippen molar-refractivity contribution in [1.82, 2.24) is 10.1 Å². The molecule has 18 heavy (non-hydrogen) atoms. The van der Waals surface area contributed by atoms with Gasteiger partial charge in [-0.2, -0.15) is 16.7 Å². The molecule has 0 N–H and O–H groups in total. The monoisotopic (exact) mass is 270 g/mol. The zero-order valence-corrected chi connectivity index (χ0v) is 11.5.